The van der Waals surface area contributed by atoms with Crippen LogP contribution < -0.4 is 10.5 Å². The molecule has 0 unspecified atom stereocenters. The highest BCUT2D eigenvalue weighted by molar-refractivity contribution is 8.26. The zero-order chi connectivity index (χ0) is 27.1. The molecule has 2 saturated heterocycles. The molecule has 37 heavy (non-hydrogen) atoms. The SMILES string of the molecule is CCCCn1c(N2CCC(C)CC2)c(C=C2SC(=S)N(CCCCCC(=O)O)C2=O)c(C)c(C#N)c1=O. The molecule has 2 fully saturated rings. The number of unbranched alkanes of at least 4 members (excludes halogenated alkanes) is 3. The number of carboxylic acid groups (broad SMARTS) is 1. The number of pyridine rings is 1. The van der Waals surface area contributed by atoms with E-state index in [4.69, 9.17) is 17.3 Å². The van der Waals surface area contributed by atoms with Gasteiger partial charge in [-0.2, -0.15) is 5.26 Å². The van der Waals surface area contributed by atoms with E-state index in [9.17, 15) is 19.6 Å². The second-order valence-electron chi connectivity index (χ2n) is 9.87. The number of nitriles is 1. The van der Waals surface area contributed by atoms with Crippen molar-refractivity contribution in [1.29, 1.82) is 5.26 Å². The van der Waals surface area contributed by atoms with Crippen LogP contribution in [0.15, 0.2) is 9.70 Å². The molecule has 3 rings (SSSR count). The molecule has 8 nitrogen and oxygen atoms in total. The van der Waals surface area contributed by atoms with Crippen LogP contribution in [0.4, 0.5) is 5.82 Å². The molecule has 3 heterocycles. The molecule has 0 spiro atoms. The summed E-state index contributed by atoms with van der Waals surface area (Å²) in [5.41, 5.74) is 1.18. The lowest BCUT2D eigenvalue weighted by Gasteiger charge is -2.35. The number of piperidine rings is 1. The van der Waals surface area contributed by atoms with Crippen molar-refractivity contribution >= 4 is 52.1 Å². The third kappa shape index (κ3) is 6.82. The molecule has 10 heteroatoms. The lowest BCUT2D eigenvalue weighted by atomic mass is 9.97. The number of hydrogen-bond acceptors (Lipinski definition) is 7. The van der Waals surface area contributed by atoms with Crippen molar-refractivity contribution in [2.45, 2.75) is 78.7 Å². The van der Waals surface area contributed by atoms with Gasteiger partial charge in [-0.25, -0.2) is 0 Å². The zero-order valence-corrected chi connectivity index (χ0v) is 23.6. The predicted molar refractivity (Wildman–Crippen MR) is 152 cm³/mol. The monoisotopic (exact) mass is 544 g/mol. The maximum absolute atomic E-state index is 13.4. The normalized spacial score (nSPS) is 17.6. The van der Waals surface area contributed by atoms with Gasteiger partial charge in [0.15, 0.2) is 0 Å². The Morgan fingerprint density at radius 2 is 1.89 bits per heavy atom. The fraction of sp³-hybridized carbons (Fsp3) is 0.593. The van der Waals surface area contributed by atoms with E-state index in [0.29, 0.717) is 53.1 Å². The number of aliphatic carboxylic acids is 1. The van der Waals surface area contributed by atoms with Crippen LogP contribution in [0, 0.1) is 24.2 Å². The molecular formula is C27H36N4O4S2. The third-order valence-electron chi connectivity index (χ3n) is 7.09. The summed E-state index contributed by atoms with van der Waals surface area (Å²) in [6.07, 6.45) is 7.63. The van der Waals surface area contributed by atoms with Crippen LogP contribution in [-0.2, 0) is 16.1 Å². The van der Waals surface area contributed by atoms with Crippen LogP contribution in [0.3, 0.4) is 0 Å². The summed E-state index contributed by atoms with van der Waals surface area (Å²) in [4.78, 5) is 41.7. The topological polar surface area (TPSA) is 107 Å². The number of carboxylic acids is 1. The smallest absolute Gasteiger partial charge is 0.303 e. The van der Waals surface area contributed by atoms with Crippen LogP contribution in [0.2, 0.25) is 0 Å². The quantitative estimate of drug-likeness (QED) is 0.238. The molecule has 1 N–H and O–H groups in total. The maximum atomic E-state index is 13.4. The number of thioether (sulfide) groups is 1. The minimum absolute atomic E-state index is 0.116. The van der Waals surface area contributed by atoms with Gasteiger partial charge in [0.2, 0.25) is 0 Å². The number of carbonyl (C=O) groups is 2. The van der Waals surface area contributed by atoms with Gasteiger partial charge in [0.25, 0.3) is 11.5 Å². The molecule has 0 aliphatic carbocycles. The number of rotatable bonds is 11. The van der Waals surface area contributed by atoms with E-state index in [2.05, 4.69) is 24.8 Å². The van der Waals surface area contributed by atoms with Crippen molar-refractivity contribution in [2.75, 3.05) is 24.5 Å². The Balaban J connectivity index is 2.00. The standard InChI is InChI=1S/C27H36N4O4S2/c1-4-5-12-30-24(29-14-10-18(2)11-15-29)20(19(3)21(17-28)25(30)34)16-22-26(35)31(27(36)37-22)13-8-6-7-9-23(32)33/h16,18H,4-15H2,1-3H3,(H,32,33). The minimum atomic E-state index is -0.820. The molecule has 0 aromatic carbocycles. The van der Waals surface area contributed by atoms with Gasteiger partial charge < -0.3 is 10.0 Å². The molecule has 200 valence electrons. The van der Waals surface area contributed by atoms with E-state index >= 15 is 0 Å². The minimum Gasteiger partial charge on any atom is -0.481 e. The van der Waals surface area contributed by atoms with E-state index in [-0.39, 0.29) is 23.5 Å². The summed E-state index contributed by atoms with van der Waals surface area (Å²) in [6, 6.07) is 2.11. The van der Waals surface area contributed by atoms with Gasteiger partial charge in [-0.05, 0) is 56.6 Å². The van der Waals surface area contributed by atoms with Crippen LogP contribution in [0.1, 0.15) is 81.9 Å². The van der Waals surface area contributed by atoms with Crippen molar-refractivity contribution in [3.05, 3.63) is 31.9 Å². The van der Waals surface area contributed by atoms with Crippen LogP contribution >= 0.6 is 24.0 Å². The van der Waals surface area contributed by atoms with Gasteiger partial charge in [-0.1, -0.05) is 50.7 Å². The van der Waals surface area contributed by atoms with Crippen LogP contribution in [0.25, 0.3) is 6.08 Å². The first kappa shape index (κ1) is 28.9. The highest BCUT2D eigenvalue weighted by Gasteiger charge is 2.33. The largest absolute Gasteiger partial charge is 0.481 e. The van der Waals surface area contributed by atoms with Crippen LogP contribution in [0.5, 0.6) is 0 Å². The highest BCUT2D eigenvalue weighted by atomic mass is 32.2. The van der Waals surface area contributed by atoms with Gasteiger partial charge in [0.05, 0.1) is 4.91 Å². The molecular weight excluding hydrogens is 508 g/mol. The fourth-order valence-electron chi connectivity index (χ4n) is 4.78. The van der Waals surface area contributed by atoms with Crippen LogP contribution in [-0.4, -0.2) is 50.4 Å². The number of carbonyl (C=O) groups excluding carboxylic acids is 1. The molecule has 0 radical (unpaired) electrons. The Labute approximate surface area is 228 Å². The van der Waals surface area contributed by atoms with Crippen molar-refractivity contribution in [3.8, 4) is 6.07 Å². The van der Waals surface area contributed by atoms with Gasteiger partial charge in [-0.15, -0.1) is 0 Å². The third-order valence-corrected chi connectivity index (χ3v) is 8.46. The first-order valence-corrected chi connectivity index (χ1v) is 14.3. The zero-order valence-electron chi connectivity index (χ0n) is 21.9. The first-order chi connectivity index (χ1) is 17.7. The number of aromatic nitrogens is 1. The second-order valence-corrected chi connectivity index (χ2v) is 11.5. The number of thiocarbonyl (C=S) groups is 1. The lowest BCUT2D eigenvalue weighted by molar-refractivity contribution is -0.137. The Hall–Kier alpha value is -2.64. The summed E-state index contributed by atoms with van der Waals surface area (Å²) in [5.74, 6) is 0.401. The van der Waals surface area contributed by atoms with Crippen molar-refractivity contribution in [3.63, 3.8) is 0 Å². The van der Waals surface area contributed by atoms with Gasteiger partial charge >= 0.3 is 5.97 Å². The van der Waals surface area contributed by atoms with E-state index in [1.54, 1.807) is 16.4 Å². The molecule has 1 aromatic rings. The number of nitrogens with zero attached hydrogens (tertiary/aromatic N) is 4. The van der Waals surface area contributed by atoms with Crippen molar-refractivity contribution < 1.29 is 14.7 Å². The number of amides is 1. The summed E-state index contributed by atoms with van der Waals surface area (Å²) in [6.45, 7) is 8.68. The number of anilines is 1. The first-order valence-electron chi connectivity index (χ1n) is 13.1. The van der Waals surface area contributed by atoms with Gasteiger partial charge in [-0.3, -0.25) is 23.9 Å². The Morgan fingerprint density at radius 1 is 1.19 bits per heavy atom. The fourth-order valence-corrected chi connectivity index (χ4v) is 6.07. The average molecular weight is 545 g/mol. The van der Waals surface area contributed by atoms with Gasteiger partial charge in [0.1, 0.15) is 21.8 Å². The van der Waals surface area contributed by atoms with E-state index in [0.717, 1.165) is 50.2 Å². The van der Waals surface area contributed by atoms with Gasteiger partial charge in [0, 0.05) is 38.2 Å². The Bertz CT molecular complexity index is 1180. The van der Waals surface area contributed by atoms with E-state index in [1.165, 1.54) is 11.8 Å². The maximum Gasteiger partial charge on any atom is 0.303 e. The highest BCUT2D eigenvalue weighted by Crippen LogP contribution is 2.37. The number of hydrogen-bond donors (Lipinski definition) is 1. The average Bonchev–Trinajstić information content (AvgIpc) is 3.12. The summed E-state index contributed by atoms with van der Waals surface area (Å²) in [5, 5.41) is 18.7. The molecule has 2 aliphatic heterocycles. The van der Waals surface area contributed by atoms with Crippen molar-refractivity contribution in [2.24, 2.45) is 5.92 Å². The molecule has 1 aromatic heterocycles. The van der Waals surface area contributed by atoms with Crippen molar-refractivity contribution in [1.82, 2.24) is 9.47 Å². The molecule has 0 saturated carbocycles. The second kappa shape index (κ2) is 13.2. The summed E-state index contributed by atoms with van der Waals surface area (Å²) in [7, 11) is 0. The Morgan fingerprint density at radius 3 is 2.51 bits per heavy atom. The summed E-state index contributed by atoms with van der Waals surface area (Å²) < 4.78 is 2.21. The van der Waals surface area contributed by atoms with E-state index in [1.807, 2.05) is 6.08 Å². The molecule has 0 atom stereocenters. The summed E-state index contributed by atoms with van der Waals surface area (Å²) >= 11 is 6.74. The molecule has 2 aliphatic rings. The molecule has 0 bridgehead atoms. The predicted octanol–water partition coefficient (Wildman–Crippen LogP) is 4.91. The lowest BCUT2D eigenvalue weighted by Crippen LogP contribution is -2.39. The van der Waals surface area contributed by atoms with E-state index < -0.39 is 5.97 Å². The Kier molecular flexibility index (Phi) is 10.4. The molecule has 1 amide bonds.